The summed E-state index contributed by atoms with van der Waals surface area (Å²) in [6.07, 6.45) is 12.3. The van der Waals surface area contributed by atoms with Crippen molar-refractivity contribution in [3.05, 3.63) is 0 Å². The van der Waals surface area contributed by atoms with Gasteiger partial charge in [0.05, 0.1) is 0 Å². The molecule has 0 radical (unpaired) electrons. The lowest BCUT2D eigenvalue weighted by Crippen LogP contribution is -2.43. The number of carbonyl (C=O) groups excluding carboxylic acids is 1. The van der Waals surface area contributed by atoms with Crippen LogP contribution in [0.5, 0.6) is 0 Å². The first-order valence-corrected chi connectivity index (χ1v) is 9.17. The molecule has 3 aliphatic rings. The van der Waals surface area contributed by atoms with Gasteiger partial charge in [0.15, 0.2) is 0 Å². The Balaban J connectivity index is 0.00000176. The van der Waals surface area contributed by atoms with Crippen molar-refractivity contribution in [2.24, 2.45) is 11.8 Å². The zero-order valence-electron chi connectivity index (χ0n) is 14.2. The van der Waals surface area contributed by atoms with E-state index in [9.17, 15) is 4.79 Å². The first-order valence-electron chi connectivity index (χ1n) is 9.17. The highest BCUT2D eigenvalue weighted by atomic mass is 35.5. The molecule has 128 valence electrons. The molecule has 1 aliphatic carbocycles. The van der Waals surface area contributed by atoms with E-state index in [1.54, 1.807) is 0 Å². The smallest absolute Gasteiger partial charge is 0.222 e. The number of piperidine rings is 1. The third-order valence-electron chi connectivity index (χ3n) is 6.37. The Morgan fingerprint density at radius 3 is 2.14 bits per heavy atom. The summed E-state index contributed by atoms with van der Waals surface area (Å²) in [5.41, 5.74) is 0. The number of rotatable bonds is 4. The maximum absolute atomic E-state index is 12.6. The van der Waals surface area contributed by atoms with Gasteiger partial charge in [-0.05, 0) is 63.2 Å². The minimum atomic E-state index is 0. The number of hydrogen-bond acceptors (Lipinski definition) is 2. The Labute approximate surface area is 142 Å². The third kappa shape index (κ3) is 4.17. The summed E-state index contributed by atoms with van der Waals surface area (Å²) in [5, 5.41) is 3.67. The monoisotopic (exact) mass is 328 g/mol. The summed E-state index contributed by atoms with van der Waals surface area (Å²) in [6.45, 7) is 2.30. The second-order valence-electron chi connectivity index (χ2n) is 7.77. The van der Waals surface area contributed by atoms with Gasteiger partial charge in [0.25, 0.3) is 0 Å². The molecule has 2 atom stereocenters. The molecule has 22 heavy (non-hydrogen) atoms. The molecule has 0 aromatic rings. The van der Waals surface area contributed by atoms with Crippen LogP contribution >= 0.6 is 12.4 Å². The predicted octanol–water partition coefficient (Wildman–Crippen LogP) is 3.76. The number of halogens is 1. The average Bonchev–Trinajstić information content (AvgIpc) is 2.85. The molecule has 1 saturated carbocycles. The molecule has 0 spiro atoms. The SMILES string of the molecule is CCC1CCC(N(C)C(=O)CC2CC3CCC(C2)N3)CC1.Cl. The highest BCUT2D eigenvalue weighted by Crippen LogP contribution is 2.34. The van der Waals surface area contributed by atoms with Crippen molar-refractivity contribution in [1.82, 2.24) is 10.2 Å². The second kappa shape index (κ2) is 8.01. The van der Waals surface area contributed by atoms with Crippen LogP contribution in [-0.2, 0) is 4.79 Å². The molecule has 3 fully saturated rings. The number of nitrogens with zero attached hydrogens (tertiary/aromatic N) is 1. The number of fused-ring (bicyclic) bond motifs is 2. The van der Waals surface area contributed by atoms with Crippen LogP contribution in [0.2, 0.25) is 0 Å². The van der Waals surface area contributed by atoms with Crippen molar-refractivity contribution >= 4 is 18.3 Å². The molecule has 3 nitrogen and oxygen atoms in total. The van der Waals surface area contributed by atoms with E-state index in [-0.39, 0.29) is 12.4 Å². The summed E-state index contributed by atoms with van der Waals surface area (Å²) in [5.74, 6) is 1.94. The van der Waals surface area contributed by atoms with E-state index in [4.69, 9.17) is 0 Å². The van der Waals surface area contributed by atoms with Crippen LogP contribution in [0.3, 0.4) is 0 Å². The molecule has 3 rings (SSSR count). The van der Waals surface area contributed by atoms with Crippen molar-refractivity contribution < 1.29 is 4.79 Å². The van der Waals surface area contributed by atoms with Gasteiger partial charge < -0.3 is 10.2 Å². The zero-order valence-corrected chi connectivity index (χ0v) is 15.0. The van der Waals surface area contributed by atoms with Gasteiger partial charge in [0, 0.05) is 31.6 Å². The molecular weight excluding hydrogens is 296 g/mol. The topological polar surface area (TPSA) is 32.3 Å². The van der Waals surface area contributed by atoms with Crippen LogP contribution in [0.15, 0.2) is 0 Å². The van der Waals surface area contributed by atoms with Gasteiger partial charge in [-0.1, -0.05) is 13.3 Å². The second-order valence-corrected chi connectivity index (χ2v) is 7.77. The normalized spacial score (nSPS) is 37.5. The molecule has 2 aliphatic heterocycles. The van der Waals surface area contributed by atoms with Gasteiger partial charge in [-0.3, -0.25) is 4.79 Å². The minimum absolute atomic E-state index is 0. The first-order chi connectivity index (χ1) is 10.2. The maximum atomic E-state index is 12.6. The summed E-state index contributed by atoms with van der Waals surface area (Å²) in [4.78, 5) is 14.7. The minimum Gasteiger partial charge on any atom is -0.343 e. The number of carbonyl (C=O) groups is 1. The van der Waals surface area contributed by atoms with Crippen molar-refractivity contribution in [3.63, 3.8) is 0 Å². The van der Waals surface area contributed by atoms with Crippen LogP contribution in [0.4, 0.5) is 0 Å². The van der Waals surface area contributed by atoms with E-state index >= 15 is 0 Å². The van der Waals surface area contributed by atoms with Gasteiger partial charge in [-0.25, -0.2) is 0 Å². The summed E-state index contributed by atoms with van der Waals surface area (Å²) in [6, 6.07) is 1.91. The molecule has 0 aromatic heterocycles. The van der Waals surface area contributed by atoms with Crippen molar-refractivity contribution in [1.29, 1.82) is 0 Å². The number of nitrogens with one attached hydrogen (secondary N) is 1. The standard InChI is InChI=1S/C18H32N2O.ClH/c1-3-13-4-8-17(9-5-13)20(2)18(21)12-14-10-15-6-7-16(11-14)19-15;/h13-17,19H,3-12H2,1-2H3;1H. The van der Waals surface area contributed by atoms with E-state index in [2.05, 4.69) is 24.2 Å². The van der Waals surface area contributed by atoms with Crippen LogP contribution in [0.25, 0.3) is 0 Å². The highest BCUT2D eigenvalue weighted by molar-refractivity contribution is 5.85. The fourth-order valence-electron chi connectivity index (χ4n) is 4.88. The average molecular weight is 329 g/mol. The van der Waals surface area contributed by atoms with Crippen LogP contribution in [0, 0.1) is 11.8 Å². The molecule has 2 bridgehead atoms. The molecule has 2 saturated heterocycles. The number of hydrogen-bond donors (Lipinski definition) is 1. The number of amides is 1. The molecular formula is C18H33ClN2O. The molecule has 4 heteroatoms. The molecule has 0 aromatic carbocycles. The van der Waals surface area contributed by atoms with E-state index < -0.39 is 0 Å². The van der Waals surface area contributed by atoms with Crippen LogP contribution < -0.4 is 5.32 Å². The predicted molar refractivity (Wildman–Crippen MR) is 93.3 cm³/mol. The van der Waals surface area contributed by atoms with E-state index in [1.165, 1.54) is 57.8 Å². The van der Waals surface area contributed by atoms with Gasteiger partial charge >= 0.3 is 0 Å². The largest absolute Gasteiger partial charge is 0.343 e. The first kappa shape index (κ1) is 18.1. The van der Waals surface area contributed by atoms with Crippen molar-refractivity contribution in [3.8, 4) is 0 Å². The van der Waals surface area contributed by atoms with Gasteiger partial charge in [-0.15, -0.1) is 12.4 Å². The summed E-state index contributed by atoms with van der Waals surface area (Å²) >= 11 is 0. The Morgan fingerprint density at radius 1 is 1.00 bits per heavy atom. The Morgan fingerprint density at radius 2 is 1.59 bits per heavy atom. The fraction of sp³-hybridized carbons (Fsp3) is 0.944. The summed E-state index contributed by atoms with van der Waals surface area (Å²) in [7, 11) is 2.05. The van der Waals surface area contributed by atoms with E-state index in [0.717, 1.165) is 12.3 Å². The van der Waals surface area contributed by atoms with Crippen molar-refractivity contribution in [2.75, 3.05) is 7.05 Å². The van der Waals surface area contributed by atoms with E-state index in [1.807, 2.05) is 0 Å². The maximum Gasteiger partial charge on any atom is 0.222 e. The van der Waals surface area contributed by atoms with Gasteiger partial charge in [0.1, 0.15) is 0 Å². The van der Waals surface area contributed by atoms with Crippen molar-refractivity contribution in [2.45, 2.75) is 89.3 Å². The van der Waals surface area contributed by atoms with E-state index in [0.29, 0.717) is 30.0 Å². The third-order valence-corrected chi connectivity index (χ3v) is 6.37. The summed E-state index contributed by atoms with van der Waals surface area (Å²) < 4.78 is 0. The zero-order chi connectivity index (χ0) is 14.8. The Hall–Kier alpha value is -0.280. The quantitative estimate of drug-likeness (QED) is 0.852. The lowest BCUT2D eigenvalue weighted by Gasteiger charge is -2.36. The van der Waals surface area contributed by atoms with Crippen LogP contribution in [-0.4, -0.2) is 36.0 Å². The lowest BCUT2D eigenvalue weighted by molar-refractivity contribution is -0.134. The van der Waals surface area contributed by atoms with Gasteiger partial charge in [-0.2, -0.15) is 0 Å². The highest BCUT2D eigenvalue weighted by Gasteiger charge is 2.35. The van der Waals surface area contributed by atoms with Gasteiger partial charge in [0.2, 0.25) is 5.91 Å². The molecule has 2 heterocycles. The lowest BCUT2D eigenvalue weighted by atomic mass is 9.83. The molecule has 2 unspecified atom stereocenters. The molecule has 1 amide bonds. The Kier molecular flexibility index (Phi) is 6.58. The fourth-order valence-corrected chi connectivity index (χ4v) is 4.88. The molecule has 1 N–H and O–H groups in total. The Bertz CT molecular complexity index is 356. The van der Waals surface area contributed by atoms with Crippen LogP contribution in [0.1, 0.15) is 71.1 Å².